The molecule has 0 spiro atoms. The molecular weight excluding hydrogens is 183 g/mol. The van der Waals surface area contributed by atoms with Crippen LogP contribution in [-0.2, 0) is 4.79 Å². The summed E-state index contributed by atoms with van der Waals surface area (Å²) in [6.45, 7) is 0.476. The molecular formula is C10H11FN2O. The van der Waals surface area contributed by atoms with Gasteiger partial charge in [-0.05, 0) is 12.1 Å². The predicted molar refractivity (Wildman–Crippen MR) is 51.2 cm³/mol. The van der Waals surface area contributed by atoms with Gasteiger partial charge in [-0.15, -0.1) is 0 Å². The van der Waals surface area contributed by atoms with Gasteiger partial charge in [0.25, 0.3) is 0 Å². The summed E-state index contributed by atoms with van der Waals surface area (Å²) in [7, 11) is 0. The van der Waals surface area contributed by atoms with Crippen molar-refractivity contribution >= 4 is 11.6 Å². The van der Waals surface area contributed by atoms with Crippen molar-refractivity contribution in [3.8, 4) is 0 Å². The largest absolute Gasteiger partial charge is 0.398 e. The van der Waals surface area contributed by atoms with E-state index in [0.717, 1.165) is 0 Å². The molecule has 1 aliphatic heterocycles. The molecule has 14 heavy (non-hydrogen) atoms. The number of carbonyl (C=O) groups is 1. The van der Waals surface area contributed by atoms with Crippen LogP contribution < -0.4 is 11.1 Å². The van der Waals surface area contributed by atoms with Gasteiger partial charge in [0.1, 0.15) is 5.82 Å². The van der Waals surface area contributed by atoms with Gasteiger partial charge in [0.2, 0.25) is 5.91 Å². The van der Waals surface area contributed by atoms with Gasteiger partial charge >= 0.3 is 0 Å². The molecule has 74 valence electrons. The van der Waals surface area contributed by atoms with E-state index in [4.69, 9.17) is 5.73 Å². The molecule has 1 heterocycles. The van der Waals surface area contributed by atoms with Crippen LogP contribution in [0.15, 0.2) is 18.2 Å². The van der Waals surface area contributed by atoms with Gasteiger partial charge in [-0.2, -0.15) is 0 Å². The Morgan fingerprint density at radius 3 is 2.86 bits per heavy atom. The first-order valence-corrected chi connectivity index (χ1v) is 4.49. The molecule has 0 saturated carbocycles. The summed E-state index contributed by atoms with van der Waals surface area (Å²) in [5.74, 6) is -0.493. The third-order valence-electron chi connectivity index (χ3n) is 2.47. The molecule has 3 N–H and O–H groups in total. The van der Waals surface area contributed by atoms with Crippen LogP contribution in [0, 0.1) is 5.82 Å². The minimum Gasteiger partial charge on any atom is -0.398 e. The predicted octanol–water partition coefficient (Wildman–Crippen LogP) is 1.01. The molecule has 1 unspecified atom stereocenters. The van der Waals surface area contributed by atoms with Gasteiger partial charge in [-0.3, -0.25) is 4.79 Å². The highest BCUT2D eigenvalue weighted by Crippen LogP contribution is 2.29. The molecule has 1 fully saturated rings. The quantitative estimate of drug-likeness (QED) is 0.655. The van der Waals surface area contributed by atoms with Gasteiger partial charge < -0.3 is 11.1 Å². The molecule has 1 saturated heterocycles. The minimum absolute atomic E-state index is 0.0438. The second kappa shape index (κ2) is 3.29. The van der Waals surface area contributed by atoms with Crippen molar-refractivity contribution in [3.05, 3.63) is 29.6 Å². The van der Waals surface area contributed by atoms with Crippen LogP contribution in [0.1, 0.15) is 17.9 Å². The summed E-state index contributed by atoms with van der Waals surface area (Å²) in [5, 5.41) is 2.66. The fourth-order valence-electron chi connectivity index (χ4n) is 1.79. The molecule has 1 atom stereocenters. The lowest BCUT2D eigenvalue weighted by molar-refractivity contribution is -0.119. The molecule has 0 aliphatic carbocycles. The lowest BCUT2D eigenvalue weighted by Gasteiger charge is -2.11. The van der Waals surface area contributed by atoms with Crippen LogP contribution in [0.25, 0.3) is 0 Å². The molecule has 0 bridgehead atoms. The SMILES string of the molecule is Nc1cccc(F)c1C1CNC(=O)C1. The average Bonchev–Trinajstić information content (AvgIpc) is 2.51. The summed E-state index contributed by atoms with van der Waals surface area (Å²) in [5.41, 5.74) is 6.55. The van der Waals surface area contributed by atoms with E-state index in [1.807, 2.05) is 0 Å². The van der Waals surface area contributed by atoms with E-state index in [2.05, 4.69) is 5.32 Å². The number of anilines is 1. The number of benzene rings is 1. The van der Waals surface area contributed by atoms with Crippen molar-refractivity contribution in [2.75, 3.05) is 12.3 Å². The first-order valence-electron chi connectivity index (χ1n) is 4.49. The molecule has 0 aromatic heterocycles. The standard InChI is InChI=1S/C10H11FN2O/c11-7-2-1-3-8(12)10(7)6-4-9(14)13-5-6/h1-3,6H,4-5,12H2,(H,13,14). The monoisotopic (exact) mass is 194 g/mol. The number of nitrogens with one attached hydrogen (secondary N) is 1. The normalized spacial score (nSPS) is 20.9. The highest BCUT2D eigenvalue weighted by atomic mass is 19.1. The van der Waals surface area contributed by atoms with Gasteiger partial charge in [0, 0.05) is 30.1 Å². The molecule has 3 nitrogen and oxygen atoms in total. The highest BCUT2D eigenvalue weighted by Gasteiger charge is 2.26. The third kappa shape index (κ3) is 1.43. The van der Waals surface area contributed by atoms with E-state index in [0.29, 0.717) is 24.2 Å². The maximum Gasteiger partial charge on any atom is 0.220 e. The van der Waals surface area contributed by atoms with E-state index >= 15 is 0 Å². The maximum atomic E-state index is 13.4. The van der Waals surface area contributed by atoms with Crippen molar-refractivity contribution in [3.63, 3.8) is 0 Å². The van der Waals surface area contributed by atoms with E-state index in [1.165, 1.54) is 6.07 Å². The van der Waals surface area contributed by atoms with Crippen LogP contribution in [0.2, 0.25) is 0 Å². The van der Waals surface area contributed by atoms with Crippen LogP contribution in [0.4, 0.5) is 10.1 Å². The Labute approximate surface area is 81.1 Å². The number of halogens is 1. The molecule has 1 aromatic carbocycles. The Balaban J connectivity index is 2.36. The zero-order valence-corrected chi connectivity index (χ0v) is 7.59. The van der Waals surface area contributed by atoms with E-state index < -0.39 is 0 Å². The van der Waals surface area contributed by atoms with E-state index in [-0.39, 0.29) is 17.6 Å². The molecule has 2 rings (SSSR count). The van der Waals surface area contributed by atoms with Gasteiger partial charge in [0.15, 0.2) is 0 Å². The zero-order valence-electron chi connectivity index (χ0n) is 7.59. The summed E-state index contributed by atoms with van der Waals surface area (Å²) in [6, 6.07) is 4.59. The Bertz CT molecular complexity index is 358. The number of amides is 1. The van der Waals surface area contributed by atoms with Crippen molar-refractivity contribution in [2.24, 2.45) is 0 Å². The summed E-state index contributed by atoms with van der Waals surface area (Å²) < 4.78 is 13.4. The second-order valence-corrected chi connectivity index (χ2v) is 3.45. The average molecular weight is 194 g/mol. The Kier molecular flexibility index (Phi) is 2.11. The highest BCUT2D eigenvalue weighted by molar-refractivity contribution is 5.80. The van der Waals surface area contributed by atoms with Gasteiger partial charge in [-0.25, -0.2) is 4.39 Å². The van der Waals surface area contributed by atoms with Crippen molar-refractivity contribution < 1.29 is 9.18 Å². The van der Waals surface area contributed by atoms with Crippen LogP contribution in [0.3, 0.4) is 0 Å². The minimum atomic E-state index is -0.327. The number of nitrogens with two attached hydrogens (primary N) is 1. The molecule has 0 radical (unpaired) electrons. The molecule has 1 amide bonds. The Morgan fingerprint density at radius 2 is 2.29 bits per heavy atom. The first-order chi connectivity index (χ1) is 6.68. The fourth-order valence-corrected chi connectivity index (χ4v) is 1.79. The second-order valence-electron chi connectivity index (χ2n) is 3.45. The van der Waals surface area contributed by atoms with Crippen LogP contribution in [0.5, 0.6) is 0 Å². The Morgan fingerprint density at radius 1 is 1.50 bits per heavy atom. The third-order valence-corrected chi connectivity index (χ3v) is 2.47. The summed E-state index contributed by atoms with van der Waals surface area (Å²) in [6.07, 6.45) is 0.325. The topological polar surface area (TPSA) is 55.1 Å². The number of hydrogen-bond acceptors (Lipinski definition) is 2. The number of nitrogen functional groups attached to an aromatic ring is 1. The summed E-state index contributed by atoms with van der Waals surface area (Å²) in [4.78, 5) is 11.0. The number of rotatable bonds is 1. The summed E-state index contributed by atoms with van der Waals surface area (Å²) >= 11 is 0. The van der Waals surface area contributed by atoms with Crippen LogP contribution in [-0.4, -0.2) is 12.5 Å². The lowest BCUT2D eigenvalue weighted by Crippen LogP contribution is -2.14. The first kappa shape index (κ1) is 8.99. The van der Waals surface area contributed by atoms with Gasteiger partial charge in [0.05, 0.1) is 0 Å². The number of carbonyl (C=O) groups excluding carboxylic acids is 1. The number of hydrogen-bond donors (Lipinski definition) is 2. The fraction of sp³-hybridized carbons (Fsp3) is 0.300. The van der Waals surface area contributed by atoms with Crippen molar-refractivity contribution in [2.45, 2.75) is 12.3 Å². The zero-order chi connectivity index (χ0) is 10.1. The smallest absolute Gasteiger partial charge is 0.220 e. The molecule has 1 aromatic rings. The van der Waals surface area contributed by atoms with E-state index in [9.17, 15) is 9.18 Å². The van der Waals surface area contributed by atoms with Gasteiger partial charge in [-0.1, -0.05) is 6.07 Å². The lowest BCUT2D eigenvalue weighted by atomic mass is 9.96. The van der Waals surface area contributed by atoms with Crippen molar-refractivity contribution in [1.29, 1.82) is 0 Å². The van der Waals surface area contributed by atoms with Crippen LogP contribution >= 0.6 is 0 Å². The molecule has 4 heteroatoms. The molecule has 1 aliphatic rings. The Hall–Kier alpha value is -1.58. The van der Waals surface area contributed by atoms with E-state index in [1.54, 1.807) is 12.1 Å². The maximum absolute atomic E-state index is 13.4. The van der Waals surface area contributed by atoms with Crippen molar-refractivity contribution in [1.82, 2.24) is 5.32 Å².